The SMILES string of the molecule is CCNC(=NCc1ccc(N2CCCC2)nc1)NCCCOc1ccccc1.I. The van der Waals surface area contributed by atoms with E-state index in [-0.39, 0.29) is 24.0 Å². The summed E-state index contributed by atoms with van der Waals surface area (Å²) in [5, 5.41) is 6.65. The number of pyridine rings is 1. The molecule has 2 aromatic rings. The molecule has 7 heteroatoms. The summed E-state index contributed by atoms with van der Waals surface area (Å²) in [6.07, 6.45) is 5.38. The number of guanidine groups is 1. The lowest BCUT2D eigenvalue weighted by Crippen LogP contribution is -2.38. The summed E-state index contributed by atoms with van der Waals surface area (Å²) in [4.78, 5) is 11.6. The van der Waals surface area contributed by atoms with Gasteiger partial charge in [0, 0.05) is 32.4 Å². The van der Waals surface area contributed by atoms with E-state index >= 15 is 0 Å². The van der Waals surface area contributed by atoms with E-state index in [4.69, 9.17) is 4.74 Å². The predicted octanol–water partition coefficient (Wildman–Crippen LogP) is 3.82. The van der Waals surface area contributed by atoms with Crippen LogP contribution in [0.2, 0.25) is 0 Å². The van der Waals surface area contributed by atoms with Crippen molar-refractivity contribution in [3.05, 3.63) is 54.2 Å². The zero-order valence-corrected chi connectivity index (χ0v) is 19.5. The number of aliphatic imine (C=N–C) groups is 1. The van der Waals surface area contributed by atoms with Crippen LogP contribution in [0.3, 0.4) is 0 Å². The number of para-hydroxylation sites is 1. The Morgan fingerprint density at radius 1 is 1.10 bits per heavy atom. The number of ether oxygens (including phenoxy) is 1. The van der Waals surface area contributed by atoms with Crippen molar-refractivity contribution in [3.8, 4) is 5.75 Å². The normalized spacial score (nSPS) is 13.7. The molecule has 0 radical (unpaired) electrons. The van der Waals surface area contributed by atoms with Gasteiger partial charge >= 0.3 is 0 Å². The Balaban J connectivity index is 0.00000300. The first-order valence-corrected chi connectivity index (χ1v) is 10.2. The molecule has 1 fully saturated rings. The molecule has 1 aliphatic rings. The van der Waals surface area contributed by atoms with Gasteiger partial charge in [-0.3, -0.25) is 0 Å². The average Bonchev–Trinajstić information content (AvgIpc) is 3.28. The Bertz CT molecular complexity index is 718. The number of nitrogens with zero attached hydrogens (tertiary/aromatic N) is 3. The molecule has 0 bridgehead atoms. The van der Waals surface area contributed by atoms with Crippen molar-refractivity contribution in [1.82, 2.24) is 15.6 Å². The van der Waals surface area contributed by atoms with Crippen LogP contribution in [-0.4, -0.2) is 43.7 Å². The fourth-order valence-electron chi connectivity index (χ4n) is 3.14. The minimum Gasteiger partial charge on any atom is -0.494 e. The number of hydrogen-bond acceptors (Lipinski definition) is 4. The van der Waals surface area contributed by atoms with E-state index in [1.165, 1.54) is 12.8 Å². The Morgan fingerprint density at radius 3 is 2.59 bits per heavy atom. The van der Waals surface area contributed by atoms with Gasteiger partial charge in [0.1, 0.15) is 11.6 Å². The van der Waals surface area contributed by atoms with E-state index in [1.807, 2.05) is 36.5 Å². The molecule has 1 aliphatic heterocycles. The van der Waals surface area contributed by atoms with Gasteiger partial charge in [-0.25, -0.2) is 9.98 Å². The van der Waals surface area contributed by atoms with Gasteiger partial charge in [-0.05, 0) is 49.9 Å². The lowest BCUT2D eigenvalue weighted by atomic mass is 10.3. The molecular formula is C22H32IN5O. The molecule has 1 aromatic heterocycles. The van der Waals surface area contributed by atoms with Gasteiger partial charge in [0.05, 0.1) is 13.2 Å². The maximum Gasteiger partial charge on any atom is 0.191 e. The number of aromatic nitrogens is 1. The Morgan fingerprint density at radius 2 is 1.90 bits per heavy atom. The van der Waals surface area contributed by atoms with E-state index in [0.717, 1.165) is 55.7 Å². The third kappa shape index (κ3) is 8.08. The number of rotatable bonds is 9. The summed E-state index contributed by atoms with van der Waals surface area (Å²) in [6.45, 7) is 7.24. The molecule has 3 rings (SSSR count). The molecule has 0 spiro atoms. The number of nitrogens with one attached hydrogen (secondary N) is 2. The summed E-state index contributed by atoms with van der Waals surface area (Å²) < 4.78 is 5.72. The topological polar surface area (TPSA) is 61.8 Å². The van der Waals surface area contributed by atoms with E-state index in [0.29, 0.717) is 13.2 Å². The Labute approximate surface area is 191 Å². The van der Waals surface area contributed by atoms with E-state index in [1.54, 1.807) is 0 Å². The van der Waals surface area contributed by atoms with Crippen LogP contribution in [0.15, 0.2) is 53.7 Å². The molecule has 1 saturated heterocycles. The smallest absolute Gasteiger partial charge is 0.191 e. The number of hydrogen-bond donors (Lipinski definition) is 2. The first kappa shape index (κ1) is 23.3. The number of halogens is 1. The highest BCUT2D eigenvalue weighted by molar-refractivity contribution is 14.0. The Kier molecular flexibility index (Phi) is 10.6. The van der Waals surface area contributed by atoms with Crippen LogP contribution in [0.25, 0.3) is 0 Å². The fraction of sp³-hybridized carbons (Fsp3) is 0.455. The summed E-state index contributed by atoms with van der Waals surface area (Å²) in [5.74, 6) is 2.81. The molecule has 29 heavy (non-hydrogen) atoms. The summed E-state index contributed by atoms with van der Waals surface area (Å²) in [7, 11) is 0. The first-order valence-electron chi connectivity index (χ1n) is 10.2. The van der Waals surface area contributed by atoms with Gasteiger partial charge in [-0.2, -0.15) is 0 Å². The molecule has 158 valence electrons. The van der Waals surface area contributed by atoms with Crippen molar-refractivity contribution < 1.29 is 4.74 Å². The lowest BCUT2D eigenvalue weighted by molar-refractivity contribution is 0.311. The fourth-order valence-corrected chi connectivity index (χ4v) is 3.14. The first-order chi connectivity index (χ1) is 13.8. The van der Waals surface area contributed by atoms with Crippen molar-refractivity contribution in [2.24, 2.45) is 4.99 Å². The van der Waals surface area contributed by atoms with Crippen LogP contribution >= 0.6 is 24.0 Å². The zero-order valence-electron chi connectivity index (χ0n) is 17.1. The summed E-state index contributed by atoms with van der Waals surface area (Å²) in [5.41, 5.74) is 1.12. The van der Waals surface area contributed by atoms with Gasteiger partial charge in [0.15, 0.2) is 5.96 Å². The van der Waals surface area contributed by atoms with Crippen LogP contribution in [0, 0.1) is 0 Å². The van der Waals surface area contributed by atoms with Crippen molar-refractivity contribution in [3.63, 3.8) is 0 Å². The van der Waals surface area contributed by atoms with Crippen molar-refractivity contribution >= 4 is 35.8 Å². The van der Waals surface area contributed by atoms with Crippen LogP contribution in [0.1, 0.15) is 31.7 Å². The predicted molar refractivity (Wildman–Crippen MR) is 130 cm³/mol. The van der Waals surface area contributed by atoms with E-state index in [9.17, 15) is 0 Å². The van der Waals surface area contributed by atoms with E-state index < -0.39 is 0 Å². The average molecular weight is 509 g/mol. The second kappa shape index (κ2) is 13.2. The quantitative estimate of drug-likeness (QED) is 0.233. The molecule has 6 nitrogen and oxygen atoms in total. The van der Waals surface area contributed by atoms with Gasteiger partial charge < -0.3 is 20.3 Å². The molecule has 0 unspecified atom stereocenters. The highest BCUT2D eigenvalue weighted by Crippen LogP contribution is 2.17. The maximum atomic E-state index is 5.72. The Hall–Kier alpha value is -2.03. The highest BCUT2D eigenvalue weighted by Gasteiger charge is 2.12. The molecule has 2 N–H and O–H groups in total. The number of benzene rings is 1. The zero-order chi connectivity index (χ0) is 19.4. The van der Waals surface area contributed by atoms with Crippen LogP contribution in [0.5, 0.6) is 5.75 Å². The second-order valence-electron chi connectivity index (χ2n) is 6.86. The second-order valence-corrected chi connectivity index (χ2v) is 6.86. The van der Waals surface area contributed by atoms with E-state index in [2.05, 4.69) is 44.6 Å². The van der Waals surface area contributed by atoms with Gasteiger partial charge in [-0.1, -0.05) is 24.3 Å². The van der Waals surface area contributed by atoms with Crippen molar-refractivity contribution in [2.45, 2.75) is 32.7 Å². The largest absolute Gasteiger partial charge is 0.494 e. The van der Waals surface area contributed by atoms with Crippen LogP contribution < -0.4 is 20.3 Å². The molecule has 0 atom stereocenters. The molecule has 0 saturated carbocycles. The van der Waals surface area contributed by atoms with Gasteiger partial charge in [0.25, 0.3) is 0 Å². The van der Waals surface area contributed by atoms with Gasteiger partial charge in [-0.15, -0.1) is 24.0 Å². The third-order valence-electron chi connectivity index (χ3n) is 4.63. The standard InChI is InChI=1S/C22H31N5O.HI/c1-2-23-22(24-13-8-16-28-20-9-4-3-5-10-20)26-18-19-11-12-21(25-17-19)27-14-6-7-15-27;/h3-5,9-12,17H,2,6-8,13-16,18H2,1H3,(H2,23,24,26);1H. The maximum absolute atomic E-state index is 5.72. The minimum absolute atomic E-state index is 0. The van der Waals surface area contributed by atoms with Crippen LogP contribution in [0.4, 0.5) is 5.82 Å². The monoisotopic (exact) mass is 509 g/mol. The molecule has 0 amide bonds. The molecule has 1 aromatic carbocycles. The lowest BCUT2D eigenvalue weighted by Gasteiger charge is -2.16. The van der Waals surface area contributed by atoms with Gasteiger partial charge in [0.2, 0.25) is 0 Å². The van der Waals surface area contributed by atoms with Crippen LogP contribution in [-0.2, 0) is 6.54 Å². The molecular weight excluding hydrogens is 477 g/mol. The third-order valence-corrected chi connectivity index (χ3v) is 4.63. The minimum atomic E-state index is 0. The van der Waals surface area contributed by atoms with Crippen molar-refractivity contribution in [1.29, 1.82) is 0 Å². The summed E-state index contributed by atoms with van der Waals surface area (Å²) >= 11 is 0. The number of anilines is 1. The van der Waals surface area contributed by atoms with Crippen molar-refractivity contribution in [2.75, 3.05) is 37.7 Å². The molecule has 0 aliphatic carbocycles. The molecule has 2 heterocycles. The summed E-state index contributed by atoms with van der Waals surface area (Å²) in [6, 6.07) is 14.1. The highest BCUT2D eigenvalue weighted by atomic mass is 127.